The van der Waals surface area contributed by atoms with E-state index >= 15 is 0 Å². The topological polar surface area (TPSA) is 26.3 Å². The average Bonchev–Trinajstić information content (AvgIpc) is 2.53. The molecule has 0 unspecified atom stereocenters. The highest BCUT2D eigenvalue weighted by Gasteiger charge is 2.11. The van der Waals surface area contributed by atoms with Gasteiger partial charge < -0.3 is 4.74 Å². The predicted molar refractivity (Wildman–Crippen MR) is 104 cm³/mol. The Balaban J connectivity index is 2.31. The summed E-state index contributed by atoms with van der Waals surface area (Å²) in [6.45, 7) is 1.53. The quantitative estimate of drug-likeness (QED) is 0.365. The van der Waals surface area contributed by atoms with E-state index in [1.54, 1.807) is 0 Å². The molecule has 0 fully saturated rings. The van der Waals surface area contributed by atoms with Crippen LogP contribution in [0.4, 0.5) is 0 Å². The van der Waals surface area contributed by atoms with Gasteiger partial charge in [0.25, 0.3) is 0 Å². The van der Waals surface area contributed by atoms with Crippen LogP contribution in [-0.2, 0) is 9.53 Å². The van der Waals surface area contributed by atoms with Crippen molar-refractivity contribution in [3.8, 4) is 0 Å². The van der Waals surface area contributed by atoms with Crippen molar-refractivity contribution in [1.82, 2.24) is 0 Å². The zero-order chi connectivity index (χ0) is 16.8. The van der Waals surface area contributed by atoms with E-state index in [9.17, 15) is 4.79 Å². The van der Waals surface area contributed by atoms with Crippen molar-refractivity contribution in [2.24, 2.45) is 0 Å². The Morgan fingerprint density at radius 1 is 1.04 bits per heavy atom. The molecule has 0 saturated heterocycles. The Bertz CT molecular complexity index is 712. The Morgan fingerprint density at radius 3 is 2.09 bits per heavy atom. The SMILES string of the molecule is CC(=O)OC/C(Sc1ccc(Br)cc1)=C(\Cl)c1ccc(Br)cc1. The van der Waals surface area contributed by atoms with Crippen LogP contribution in [0.3, 0.4) is 0 Å². The van der Waals surface area contributed by atoms with Crippen molar-refractivity contribution >= 4 is 66.2 Å². The summed E-state index contributed by atoms with van der Waals surface area (Å²) >= 11 is 14.8. The molecule has 0 aromatic heterocycles. The van der Waals surface area contributed by atoms with Crippen LogP contribution in [0.1, 0.15) is 12.5 Å². The van der Waals surface area contributed by atoms with E-state index < -0.39 is 0 Å². The standard InChI is InChI=1S/C17H13Br2ClO2S/c1-11(21)22-10-16(23-15-8-6-14(19)7-9-15)17(20)12-2-4-13(18)5-3-12/h2-9H,10H2,1H3/b17-16+. The normalized spacial score (nSPS) is 11.8. The maximum Gasteiger partial charge on any atom is 0.302 e. The van der Waals surface area contributed by atoms with E-state index in [-0.39, 0.29) is 12.6 Å². The molecule has 0 heterocycles. The van der Waals surface area contributed by atoms with Gasteiger partial charge in [0.1, 0.15) is 6.61 Å². The monoisotopic (exact) mass is 474 g/mol. The van der Waals surface area contributed by atoms with Gasteiger partial charge in [0.05, 0.1) is 5.03 Å². The molecular weight excluding hydrogens is 464 g/mol. The van der Waals surface area contributed by atoms with E-state index in [0.29, 0.717) is 5.03 Å². The van der Waals surface area contributed by atoms with E-state index in [2.05, 4.69) is 31.9 Å². The van der Waals surface area contributed by atoms with Crippen molar-refractivity contribution in [2.75, 3.05) is 6.61 Å². The minimum Gasteiger partial charge on any atom is -0.460 e. The zero-order valence-corrected chi connectivity index (χ0v) is 16.9. The highest BCUT2D eigenvalue weighted by Crippen LogP contribution is 2.36. The summed E-state index contributed by atoms with van der Waals surface area (Å²) in [5.41, 5.74) is 0.877. The van der Waals surface area contributed by atoms with Crippen molar-refractivity contribution in [3.63, 3.8) is 0 Å². The Morgan fingerprint density at radius 2 is 1.57 bits per heavy atom. The van der Waals surface area contributed by atoms with Crippen LogP contribution in [0.15, 0.2) is 67.3 Å². The van der Waals surface area contributed by atoms with Crippen molar-refractivity contribution in [3.05, 3.63) is 67.9 Å². The van der Waals surface area contributed by atoms with Gasteiger partial charge in [-0.3, -0.25) is 4.79 Å². The van der Waals surface area contributed by atoms with Gasteiger partial charge in [0, 0.05) is 25.7 Å². The molecule has 0 saturated carbocycles. The summed E-state index contributed by atoms with van der Waals surface area (Å²) in [5, 5.41) is 0.576. The van der Waals surface area contributed by atoms with Gasteiger partial charge in [-0.2, -0.15) is 0 Å². The van der Waals surface area contributed by atoms with Crippen LogP contribution in [-0.4, -0.2) is 12.6 Å². The van der Waals surface area contributed by atoms with Gasteiger partial charge in [-0.1, -0.05) is 67.4 Å². The van der Waals surface area contributed by atoms with Crippen molar-refractivity contribution in [1.29, 1.82) is 0 Å². The molecule has 0 spiro atoms. The Kier molecular flexibility index (Phi) is 7.21. The average molecular weight is 477 g/mol. The van der Waals surface area contributed by atoms with Crippen LogP contribution in [0.25, 0.3) is 5.03 Å². The number of halogens is 3. The number of carbonyl (C=O) groups excluding carboxylic acids is 1. The van der Waals surface area contributed by atoms with Crippen LogP contribution in [0.5, 0.6) is 0 Å². The molecule has 0 aliphatic carbocycles. The number of esters is 1. The molecule has 0 N–H and O–H groups in total. The second-order valence-corrected chi connectivity index (χ2v) is 7.96. The minimum absolute atomic E-state index is 0.144. The summed E-state index contributed by atoms with van der Waals surface area (Å²) in [5.74, 6) is -0.334. The predicted octanol–water partition coefficient (Wildman–Crippen LogP) is 6.47. The highest BCUT2D eigenvalue weighted by atomic mass is 79.9. The van der Waals surface area contributed by atoms with Crippen LogP contribution < -0.4 is 0 Å². The number of carbonyl (C=O) groups is 1. The third kappa shape index (κ3) is 5.99. The van der Waals surface area contributed by atoms with E-state index in [4.69, 9.17) is 16.3 Å². The summed E-state index contributed by atoms with van der Waals surface area (Å²) in [7, 11) is 0. The molecule has 0 bridgehead atoms. The minimum atomic E-state index is -0.334. The lowest BCUT2D eigenvalue weighted by Gasteiger charge is -2.11. The molecule has 0 aliphatic rings. The molecule has 0 radical (unpaired) electrons. The van der Waals surface area contributed by atoms with Gasteiger partial charge >= 0.3 is 5.97 Å². The second kappa shape index (κ2) is 8.92. The fourth-order valence-corrected chi connectivity index (χ4v) is 3.41. The Hall–Kier alpha value is -0.750. The van der Waals surface area contributed by atoms with Crippen molar-refractivity contribution < 1.29 is 9.53 Å². The first kappa shape index (κ1) is 18.6. The molecule has 2 rings (SSSR count). The molecule has 0 aliphatic heterocycles. The number of rotatable bonds is 5. The van der Waals surface area contributed by atoms with E-state index in [1.807, 2.05) is 48.5 Å². The molecule has 2 aromatic carbocycles. The second-order valence-electron chi connectivity index (χ2n) is 4.58. The molecule has 6 heteroatoms. The third-order valence-corrected chi connectivity index (χ3v) is 5.50. The fourth-order valence-electron chi connectivity index (χ4n) is 1.71. The maximum atomic E-state index is 11.1. The van der Waals surface area contributed by atoms with Crippen LogP contribution >= 0.6 is 55.2 Å². The number of ether oxygens (including phenoxy) is 1. The van der Waals surface area contributed by atoms with Gasteiger partial charge in [-0.15, -0.1) is 0 Å². The van der Waals surface area contributed by atoms with E-state index in [1.165, 1.54) is 18.7 Å². The fraction of sp³-hybridized carbons (Fsp3) is 0.118. The van der Waals surface area contributed by atoms with Gasteiger partial charge in [0.2, 0.25) is 0 Å². The van der Waals surface area contributed by atoms with Crippen molar-refractivity contribution in [2.45, 2.75) is 11.8 Å². The largest absolute Gasteiger partial charge is 0.460 e. The summed E-state index contributed by atoms with van der Waals surface area (Å²) < 4.78 is 7.13. The number of hydrogen-bond donors (Lipinski definition) is 0. The molecule has 120 valence electrons. The van der Waals surface area contributed by atoms with E-state index in [0.717, 1.165) is 24.3 Å². The maximum absolute atomic E-state index is 11.1. The molecule has 23 heavy (non-hydrogen) atoms. The van der Waals surface area contributed by atoms with Crippen LogP contribution in [0.2, 0.25) is 0 Å². The first-order valence-electron chi connectivity index (χ1n) is 6.67. The first-order chi connectivity index (χ1) is 11.0. The van der Waals surface area contributed by atoms with Crippen LogP contribution in [0, 0.1) is 0 Å². The number of benzene rings is 2. The highest BCUT2D eigenvalue weighted by molar-refractivity contribution is 9.10. The van der Waals surface area contributed by atoms with Gasteiger partial charge in [-0.05, 0) is 42.0 Å². The number of thioether (sulfide) groups is 1. The summed E-state index contributed by atoms with van der Waals surface area (Å²) in [4.78, 5) is 12.9. The summed E-state index contributed by atoms with van der Waals surface area (Å²) in [6, 6.07) is 15.6. The smallest absolute Gasteiger partial charge is 0.302 e. The lowest BCUT2D eigenvalue weighted by atomic mass is 10.2. The zero-order valence-electron chi connectivity index (χ0n) is 12.2. The first-order valence-corrected chi connectivity index (χ1v) is 9.45. The lowest BCUT2D eigenvalue weighted by molar-refractivity contribution is -0.139. The molecule has 2 aromatic rings. The third-order valence-electron chi connectivity index (χ3n) is 2.80. The molecular formula is C17H13Br2ClO2S. The van der Waals surface area contributed by atoms with Gasteiger partial charge in [-0.25, -0.2) is 0 Å². The molecule has 0 amide bonds. The van der Waals surface area contributed by atoms with Gasteiger partial charge in [0.15, 0.2) is 0 Å². The summed E-state index contributed by atoms with van der Waals surface area (Å²) in [6.07, 6.45) is 0. The molecule has 2 nitrogen and oxygen atoms in total. The lowest BCUT2D eigenvalue weighted by Crippen LogP contribution is -2.02. The number of hydrogen-bond acceptors (Lipinski definition) is 3. The Labute approximate surface area is 161 Å². The molecule has 0 atom stereocenters.